The monoisotopic (exact) mass is 734 g/mol. The molecule has 1 aromatic heterocycles. The van der Waals surface area contributed by atoms with Crippen LogP contribution in [0.2, 0.25) is 0 Å². The Morgan fingerprint density at radius 2 is 1.62 bits per heavy atom. The molecule has 6 rings (SSSR count). The number of aryl methyl sites for hydroxylation is 1. The molecule has 3 unspecified atom stereocenters. The van der Waals surface area contributed by atoms with Gasteiger partial charge in [-0.1, -0.05) is 91.0 Å². The lowest BCUT2D eigenvalue weighted by atomic mass is 9.99. The summed E-state index contributed by atoms with van der Waals surface area (Å²) in [6, 6.07) is 31.4. The Hall–Kier alpha value is -5.01. The van der Waals surface area contributed by atoms with E-state index in [4.69, 9.17) is 15.2 Å². The predicted octanol–water partition coefficient (Wildman–Crippen LogP) is 7.10. The van der Waals surface area contributed by atoms with Crippen LogP contribution in [0.1, 0.15) is 73.2 Å². The third-order valence-electron chi connectivity index (χ3n) is 9.13. The summed E-state index contributed by atoms with van der Waals surface area (Å²) >= 11 is 1.60. The van der Waals surface area contributed by atoms with E-state index in [1.165, 1.54) is 0 Å². The minimum atomic E-state index is -0.587. The first-order valence-corrected chi connectivity index (χ1v) is 18.9. The number of para-hydroxylation sites is 2. The van der Waals surface area contributed by atoms with Crippen LogP contribution in [0, 0.1) is 0 Å². The fourth-order valence-corrected chi connectivity index (χ4v) is 7.08. The lowest BCUT2D eigenvalue weighted by molar-refractivity contribution is -0.245. The molecule has 0 bridgehead atoms. The Bertz CT molecular complexity index is 1970. The smallest absolute Gasteiger partial charge is 0.224 e. The second kappa shape index (κ2) is 18.7. The molecule has 4 aromatic carbocycles. The maximum Gasteiger partial charge on any atom is 0.224 e. The third kappa shape index (κ3) is 10.8. The molecule has 3 atom stereocenters. The number of thioether (sulfide) groups is 1. The number of aliphatic hydroxyl groups excluding tert-OH is 1. The number of nitrogens with zero attached hydrogens (tertiary/aromatic N) is 3. The van der Waals surface area contributed by atoms with E-state index in [1.807, 2.05) is 72.3 Å². The highest BCUT2D eigenvalue weighted by Gasteiger charge is 2.32. The second-order valence-corrected chi connectivity index (χ2v) is 14.2. The molecule has 1 fully saturated rings. The Kier molecular flexibility index (Phi) is 13.3. The normalized spacial score (nSPS) is 17.0. The van der Waals surface area contributed by atoms with E-state index < -0.39 is 6.29 Å². The number of aliphatic hydroxyl groups is 1. The SMILES string of the molecule is Cn1cnnc1SCC1CC(c2ccc(CO)cc2)OC(c2cccc(-c3cccc(CNC(=O)CCCCCC(=O)Nc4ccccc4N)c3)c2)O1. The second-order valence-electron chi connectivity index (χ2n) is 13.2. The highest BCUT2D eigenvalue weighted by atomic mass is 32.2. The largest absolute Gasteiger partial charge is 0.397 e. The first-order valence-electron chi connectivity index (χ1n) is 17.9. The van der Waals surface area contributed by atoms with Crippen LogP contribution in [-0.2, 0) is 39.3 Å². The fourth-order valence-electron chi connectivity index (χ4n) is 6.18. The van der Waals surface area contributed by atoms with Crippen molar-refractivity contribution in [2.24, 2.45) is 7.05 Å². The van der Waals surface area contributed by atoms with Gasteiger partial charge in [-0.15, -0.1) is 10.2 Å². The molecule has 2 heterocycles. The summed E-state index contributed by atoms with van der Waals surface area (Å²) in [6.07, 6.45) is 4.45. The van der Waals surface area contributed by atoms with Crippen LogP contribution in [0.5, 0.6) is 0 Å². The quantitative estimate of drug-likeness (QED) is 0.0472. The van der Waals surface area contributed by atoms with E-state index in [-0.39, 0.29) is 30.6 Å². The van der Waals surface area contributed by atoms with E-state index in [0.29, 0.717) is 55.8 Å². The predicted molar refractivity (Wildman–Crippen MR) is 206 cm³/mol. The Labute approximate surface area is 314 Å². The number of unbranched alkanes of at least 4 members (excludes halogenated alkanes) is 2. The zero-order chi connectivity index (χ0) is 37.0. The highest BCUT2D eigenvalue weighted by Crippen LogP contribution is 2.40. The van der Waals surface area contributed by atoms with Gasteiger partial charge < -0.3 is 35.5 Å². The zero-order valence-electron chi connectivity index (χ0n) is 29.8. The summed E-state index contributed by atoms with van der Waals surface area (Å²) in [4.78, 5) is 24.9. The van der Waals surface area contributed by atoms with Crippen LogP contribution in [-0.4, -0.2) is 43.5 Å². The van der Waals surface area contributed by atoms with Gasteiger partial charge in [0.05, 0.1) is 30.2 Å². The lowest BCUT2D eigenvalue weighted by Gasteiger charge is -2.36. The summed E-state index contributed by atoms with van der Waals surface area (Å²) < 4.78 is 15.0. The van der Waals surface area contributed by atoms with Crippen molar-refractivity contribution in [1.29, 1.82) is 0 Å². The number of ether oxygens (including phenoxy) is 2. The number of nitrogens with two attached hydrogens (primary N) is 1. The zero-order valence-corrected chi connectivity index (χ0v) is 30.6. The van der Waals surface area contributed by atoms with Crippen LogP contribution >= 0.6 is 11.8 Å². The van der Waals surface area contributed by atoms with Gasteiger partial charge in [-0.2, -0.15) is 0 Å². The first kappa shape index (κ1) is 37.7. The Morgan fingerprint density at radius 1 is 0.868 bits per heavy atom. The van der Waals surface area contributed by atoms with Crippen molar-refractivity contribution < 1.29 is 24.2 Å². The molecule has 276 valence electrons. The highest BCUT2D eigenvalue weighted by molar-refractivity contribution is 7.99. The summed E-state index contributed by atoms with van der Waals surface area (Å²) in [7, 11) is 1.92. The summed E-state index contributed by atoms with van der Waals surface area (Å²) in [5.41, 5.74) is 12.9. The third-order valence-corrected chi connectivity index (χ3v) is 10.3. The number of hydrogen-bond acceptors (Lipinski definition) is 9. The number of rotatable bonds is 16. The molecule has 5 aromatic rings. The van der Waals surface area contributed by atoms with Crippen LogP contribution in [0.4, 0.5) is 11.4 Å². The molecule has 2 amide bonds. The first-order chi connectivity index (χ1) is 25.8. The maximum atomic E-state index is 12.6. The molecule has 11 nitrogen and oxygen atoms in total. The van der Waals surface area contributed by atoms with Crippen LogP contribution in [0.25, 0.3) is 11.1 Å². The molecule has 5 N–H and O–H groups in total. The number of nitrogen functional groups attached to an aromatic ring is 1. The number of anilines is 2. The minimum absolute atomic E-state index is 0.00949. The molecule has 1 saturated heterocycles. The van der Waals surface area contributed by atoms with Gasteiger partial charge in [-0.25, -0.2) is 0 Å². The van der Waals surface area contributed by atoms with Gasteiger partial charge in [0.25, 0.3) is 0 Å². The average Bonchev–Trinajstić information content (AvgIpc) is 3.61. The van der Waals surface area contributed by atoms with Crippen molar-refractivity contribution in [3.8, 4) is 11.1 Å². The summed E-state index contributed by atoms with van der Waals surface area (Å²) in [6.45, 7) is 0.411. The molecular weight excluding hydrogens is 689 g/mol. The van der Waals surface area contributed by atoms with Gasteiger partial charge in [0.2, 0.25) is 11.8 Å². The standard InChI is InChI=1S/C41H46N6O5S/c1-47-27-44-46-41(47)53-26-34-23-37(30-19-17-28(25-48)18-20-30)52-40(51-34)33-12-8-11-32(22-33)31-10-7-9-29(21-31)24-43-38(49)15-3-2-4-16-39(50)45-36-14-6-5-13-35(36)42/h5-14,17-22,27,34,37,40,48H,2-4,15-16,23-26,42H2,1H3,(H,43,49)(H,45,50). The van der Waals surface area contributed by atoms with Crippen molar-refractivity contribution >= 4 is 35.0 Å². The van der Waals surface area contributed by atoms with Gasteiger partial charge in [-0.3, -0.25) is 9.59 Å². The molecule has 0 radical (unpaired) electrons. The van der Waals surface area contributed by atoms with Crippen molar-refractivity contribution in [2.45, 2.75) is 75.3 Å². The van der Waals surface area contributed by atoms with Gasteiger partial charge in [0, 0.05) is 44.2 Å². The number of amides is 2. The molecule has 0 saturated carbocycles. The average molecular weight is 735 g/mol. The molecule has 12 heteroatoms. The lowest BCUT2D eigenvalue weighted by Crippen LogP contribution is -2.31. The van der Waals surface area contributed by atoms with Crippen molar-refractivity contribution in [2.75, 3.05) is 16.8 Å². The number of carbonyl (C=O) groups is 2. The van der Waals surface area contributed by atoms with Crippen molar-refractivity contribution in [1.82, 2.24) is 20.1 Å². The van der Waals surface area contributed by atoms with Gasteiger partial charge in [0.15, 0.2) is 11.4 Å². The molecular formula is C41H46N6O5S. The van der Waals surface area contributed by atoms with Crippen LogP contribution in [0.3, 0.4) is 0 Å². The van der Waals surface area contributed by atoms with E-state index in [9.17, 15) is 14.7 Å². The number of aromatic nitrogens is 3. The molecule has 0 spiro atoms. The maximum absolute atomic E-state index is 12.6. The van der Waals surface area contributed by atoms with Crippen LogP contribution < -0.4 is 16.4 Å². The van der Waals surface area contributed by atoms with Crippen molar-refractivity contribution in [3.63, 3.8) is 0 Å². The topological polar surface area (TPSA) is 154 Å². The number of carbonyl (C=O) groups excluding carboxylic acids is 2. The van der Waals surface area contributed by atoms with Gasteiger partial charge in [-0.05, 0) is 64.9 Å². The Morgan fingerprint density at radius 3 is 2.38 bits per heavy atom. The van der Waals surface area contributed by atoms with E-state index in [0.717, 1.165) is 45.0 Å². The molecule has 1 aliphatic rings. The van der Waals surface area contributed by atoms with Gasteiger partial charge >= 0.3 is 0 Å². The molecule has 53 heavy (non-hydrogen) atoms. The van der Waals surface area contributed by atoms with E-state index in [2.05, 4.69) is 45.1 Å². The molecule has 0 aliphatic carbocycles. The summed E-state index contributed by atoms with van der Waals surface area (Å²) in [5.74, 6) is 0.592. The van der Waals surface area contributed by atoms with Crippen molar-refractivity contribution in [3.05, 3.63) is 126 Å². The fraction of sp³-hybridized carbons (Fsp3) is 0.317. The number of benzene rings is 4. The summed E-state index contributed by atoms with van der Waals surface area (Å²) in [5, 5.41) is 24.5. The molecule has 1 aliphatic heterocycles. The van der Waals surface area contributed by atoms with E-state index in [1.54, 1.807) is 30.2 Å². The van der Waals surface area contributed by atoms with E-state index >= 15 is 0 Å². The number of hydrogen-bond donors (Lipinski definition) is 4. The number of nitrogens with one attached hydrogen (secondary N) is 2. The minimum Gasteiger partial charge on any atom is -0.397 e. The Balaban J connectivity index is 1.03. The van der Waals surface area contributed by atoms with Gasteiger partial charge in [0.1, 0.15) is 6.33 Å². The van der Waals surface area contributed by atoms with Crippen LogP contribution in [0.15, 0.2) is 109 Å².